The lowest BCUT2D eigenvalue weighted by Gasteiger charge is -2.41. The van der Waals surface area contributed by atoms with Crippen LogP contribution in [0.2, 0.25) is 0 Å². The van der Waals surface area contributed by atoms with Crippen LogP contribution in [0.3, 0.4) is 0 Å². The molecule has 28 heavy (non-hydrogen) atoms. The summed E-state index contributed by atoms with van der Waals surface area (Å²) in [7, 11) is 0. The summed E-state index contributed by atoms with van der Waals surface area (Å²) in [6.07, 6.45) is 4.34. The van der Waals surface area contributed by atoms with Crippen molar-refractivity contribution in [3.8, 4) is 0 Å². The largest absolute Gasteiger partial charge is 0.396 e. The van der Waals surface area contributed by atoms with Crippen LogP contribution in [-0.2, 0) is 11.3 Å². The van der Waals surface area contributed by atoms with Crippen molar-refractivity contribution in [3.05, 3.63) is 35.5 Å². The number of piperidine rings is 1. The summed E-state index contributed by atoms with van der Waals surface area (Å²) in [6, 6.07) is 1.65. The molecular weight excluding hydrogens is 362 g/mol. The third-order valence-electron chi connectivity index (χ3n) is 6.04. The second-order valence-corrected chi connectivity index (χ2v) is 8.01. The summed E-state index contributed by atoms with van der Waals surface area (Å²) in [5.74, 6) is 0.453. The lowest BCUT2D eigenvalue weighted by Crippen LogP contribution is -2.50. The van der Waals surface area contributed by atoms with Crippen LogP contribution in [0.15, 0.2) is 23.0 Å². The standard InChI is InChI=1S/C19H25N5O4/c1-13-6-20-24(7-13)10-16-5-17(21-28-16)18(27)23-9-15-8-22(14(2)26)4-3-19(15,11-23)12-25/h5-7,15,25H,3-4,8-12H2,1-2H3/t15-,19+/m1/s1. The first-order valence-corrected chi connectivity index (χ1v) is 9.50. The van der Waals surface area contributed by atoms with Crippen molar-refractivity contribution in [1.29, 1.82) is 0 Å². The van der Waals surface area contributed by atoms with E-state index in [0.29, 0.717) is 44.9 Å². The van der Waals surface area contributed by atoms with Gasteiger partial charge in [-0.3, -0.25) is 14.3 Å². The Morgan fingerprint density at radius 3 is 2.82 bits per heavy atom. The van der Waals surface area contributed by atoms with E-state index >= 15 is 0 Å². The zero-order valence-corrected chi connectivity index (χ0v) is 16.2. The van der Waals surface area contributed by atoms with Crippen LogP contribution in [0.25, 0.3) is 0 Å². The number of likely N-dealkylation sites (tertiary alicyclic amines) is 2. The van der Waals surface area contributed by atoms with E-state index in [2.05, 4.69) is 10.3 Å². The molecule has 0 bridgehead atoms. The lowest BCUT2D eigenvalue weighted by atomic mass is 9.73. The number of carbonyl (C=O) groups excluding carboxylic acids is 2. The zero-order valence-electron chi connectivity index (χ0n) is 16.2. The smallest absolute Gasteiger partial charge is 0.276 e. The third kappa shape index (κ3) is 3.30. The van der Waals surface area contributed by atoms with E-state index in [1.807, 2.05) is 13.1 Å². The van der Waals surface area contributed by atoms with E-state index in [4.69, 9.17) is 4.52 Å². The molecule has 9 heteroatoms. The number of aliphatic hydroxyl groups excluding tert-OH is 1. The third-order valence-corrected chi connectivity index (χ3v) is 6.04. The predicted molar refractivity (Wildman–Crippen MR) is 98.4 cm³/mol. The maximum Gasteiger partial charge on any atom is 0.276 e. The van der Waals surface area contributed by atoms with Gasteiger partial charge >= 0.3 is 0 Å². The highest BCUT2D eigenvalue weighted by atomic mass is 16.5. The molecule has 0 aromatic carbocycles. The van der Waals surface area contributed by atoms with Crippen molar-refractivity contribution in [2.45, 2.75) is 26.8 Å². The van der Waals surface area contributed by atoms with Gasteiger partial charge in [0.25, 0.3) is 5.91 Å². The highest BCUT2D eigenvalue weighted by Crippen LogP contribution is 2.42. The minimum absolute atomic E-state index is 0.00983. The lowest BCUT2D eigenvalue weighted by molar-refractivity contribution is -0.133. The Hall–Kier alpha value is -2.68. The van der Waals surface area contributed by atoms with Gasteiger partial charge in [0.05, 0.1) is 12.8 Å². The van der Waals surface area contributed by atoms with Gasteiger partial charge in [-0.2, -0.15) is 5.10 Å². The Morgan fingerprint density at radius 2 is 2.14 bits per heavy atom. The fraction of sp³-hybridized carbons (Fsp3) is 0.579. The molecule has 2 aliphatic rings. The number of fused-ring (bicyclic) bond motifs is 1. The molecule has 1 N–H and O–H groups in total. The van der Waals surface area contributed by atoms with E-state index < -0.39 is 0 Å². The summed E-state index contributed by atoms with van der Waals surface area (Å²) in [5, 5.41) is 18.2. The number of aromatic nitrogens is 3. The molecule has 0 saturated carbocycles. The van der Waals surface area contributed by atoms with E-state index in [1.165, 1.54) is 0 Å². The second-order valence-electron chi connectivity index (χ2n) is 8.01. The number of hydrogen-bond acceptors (Lipinski definition) is 6. The van der Waals surface area contributed by atoms with Crippen LogP contribution in [-0.4, -0.2) is 74.4 Å². The minimum atomic E-state index is -0.346. The van der Waals surface area contributed by atoms with Gasteiger partial charge in [-0.1, -0.05) is 5.16 Å². The second kappa shape index (κ2) is 7.05. The topological polar surface area (TPSA) is 105 Å². The van der Waals surface area contributed by atoms with Gasteiger partial charge in [0, 0.05) is 56.7 Å². The van der Waals surface area contributed by atoms with Crippen molar-refractivity contribution < 1.29 is 19.2 Å². The van der Waals surface area contributed by atoms with Gasteiger partial charge in [0.2, 0.25) is 5.91 Å². The van der Waals surface area contributed by atoms with Crippen LogP contribution in [0.4, 0.5) is 0 Å². The van der Waals surface area contributed by atoms with Gasteiger partial charge in [-0.05, 0) is 18.9 Å². The van der Waals surface area contributed by atoms with Gasteiger partial charge in [-0.25, -0.2) is 0 Å². The molecular formula is C19H25N5O4. The predicted octanol–water partition coefficient (Wildman–Crippen LogP) is 0.531. The normalized spacial score (nSPS) is 24.5. The van der Waals surface area contributed by atoms with Crippen LogP contribution in [0.5, 0.6) is 0 Å². The minimum Gasteiger partial charge on any atom is -0.396 e. The van der Waals surface area contributed by atoms with Crippen LogP contribution in [0.1, 0.15) is 35.2 Å². The molecule has 2 aliphatic heterocycles. The number of amides is 2. The number of rotatable bonds is 4. The highest BCUT2D eigenvalue weighted by molar-refractivity contribution is 5.92. The zero-order chi connectivity index (χ0) is 19.9. The molecule has 0 spiro atoms. The summed E-state index contributed by atoms with van der Waals surface area (Å²) in [4.78, 5) is 28.2. The Labute approximate surface area is 162 Å². The molecule has 0 unspecified atom stereocenters. The molecule has 2 fully saturated rings. The van der Waals surface area contributed by atoms with E-state index in [1.54, 1.807) is 33.7 Å². The average Bonchev–Trinajstić information content (AvgIpc) is 3.39. The van der Waals surface area contributed by atoms with Crippen molar-refractivity contribution in [2.24, 2.45) is 11.3 Å². The molecule has 4 heterocycles. The van der Waals surface area contributed by atoms with E-state index in [0.717, 1.165) is 5.56 Å². The Kier molecular flexibility index (Phi) is 4.70. The Balaban J connectivity index is 1.46. The summed E-state index contributed by atoms with van der Waals surface area (Å²) in [6.45, 7) is 6.09. The van der Waals surface area contributed by atoms with Gasteiger partial charge in [0.15, 0.2) is 11.5 Å². The first kappa shape index (κ1) is 18.7. The van der Waals surface area contributed by atoms with Crippen molar-refractivity contribution >= 4 is 11.8 Å². The van der Waals surface area contributed by atoms with Crippen LogP contribution >= 0.6 is 0 Å². The van der Waals surface area contributed by atoms with Crippen LogP contribution in [0, 0.1) is 18.3 Å². The fourth-order valence-corrected chi connectivity index (χ4v) is 4.35. The van der Waals surface area contributed by atoms with Gasteiger partial charge in [-0.15, -0.1) is 0 Å². The molecule has 0 aliphatic carbocycles. The SMILES string of the molecule is CC(=O)N1CC[C@@]2(CO)CN(C(=O)c3cc(Cn4cc(C)cn4)on3)C[C@H]2C1. The highest BCUT2D eigenvalue weighted by Gasteiger charge is 2.51. The molecule has 2 atom stereocenters. The van der Waals surface area contributed by atoms with Gasteiger partial charge < -0.3 is 19.4 Å². The number of nitrogens with zero attached hydrogens (tertiary/aromatic N) is 5. The molecule has 2 amide bonds. The fourth-order valence-electron chi connectivity index (χ4n) is 4.35. The average molecular weight is 387 g/mol. The number of aryl methyl sites for hydroxylation is 1. The summed E-state index contributed by atoms with van der Waals surface area (Å²) in [5.41, 5.74) is 0.958. The van der Waals surface area contributed by atoms with E-state index in [-0.39, 0.29) is 35.4 Å². The molecule has 2 saturated heterocycles. The molecule has 2 aromatic heterocycles. The molecule has 2 aromatic rings. The number of hydrogen-bond donors (Lipinski definition) is 1. The van der Waals surface area contributed by atoms with Crippen molar-refractivity contribution in [3.63, 3.8) is 0 Å². The van der Waals surface area contributed by atoms with E-state index in [9.17, 15) is 14.7 Å². The maximum absolute atomic E-state index is 13.0. The molecule has 9 nitrogen and oxygen atoms in total. The maximum atomic E-state index is 13.0. The molecule has 0 radical (unpaired) electrons. The van der Waals surface area contributed by atoms with Gasteiger partial charge in [0.1, 0.15) is 6.54 Å². The first-order chi connectivity index (χ1) is 13.4. The Morgan fingerprint density at radius 1 is 1.36 bits per heavy atom. The van der Waals surface area contributed by atoms with Crippen molar-refractivity contribution in [1.82, 2.24) is 24.7 Å². The number of aliphatic hydroxyl groups is 1. The number of carbonyl (C=O) groups is 2. The summed E-state index contributed by atoms with van der Waals surface area (Å²) >= 11 is 0. The Bertz CT molecular complexity index is 891. The summed E-state index contributed by atoms with van der Waals surface area (Å²) < 4.78 is 7.04. The monoisotopic (exact) mass is 387 g/mol. The first-order valence-electron chi connectivity index (χ1n) is 9.50. The quantitative estimate of drug-likeness (QED) is 0.821. The van der Waals surface area contributed by atoms with Crippen molar-refractivity contribution in [2.75, 3.05) is 32.8 Å². The molecule has 4 rings (SSSR count). The molecule has 150 valence electrons. The van der Waals surface area contributed by atoms with Crippen LogP contribution < -0.4 is 0 Å².